The summed E-state index contributed by atoms with van der Waals surface area (Å²) in [5, 5.41) is 2.94. The van der Waals surface area contributed by atoms with Crippen LogP contribution in [0.5, 0.6) is 0 Å². The second-order valence-electron chi connectivity index (χ2n) is 4.39. The molecule has 1 aliphatic carbocycles. The lowest BCUT2D eigenvalue weighted by Gasteiger charge is -2.05. The predicted octanol–water partition coefficient (Wildman–Crippen LogP) is 2.04. The SMILES string of the molecule is O=C(NC1CC1)c1cccc(-c2ccncc2)n1. The Morgan fingerprint density at radius 2 is 1.94 bits per heavy atom. The van der Waals surface area contributed by atoms with E-state index < -0.39 is 0 Å². The second-order valence-corrected chi connectivity index (χ2v) is 4.39. The van der Waals surface area contributed by atoms with Gasteiger partial charge in [-0.15, -0.1) is 0 Å². The van der Waals surface area contributed by atoms with Gasteiger partial charge in [-0.2, -0.15) is 0 Å². The molecule has 2 aromatic rings. The molecule has 3 rings (SSSR count). The van der Waals surface area contributed by atoms with Crippen molar-refractivity contribution in [2.24, 2.45) is 0 Å². The van der Waals surface area contributed by atoms with Crippen molar-refractivity contribution in [3.05, 3.63) is 48.4 Å². The molecule has 0 unspecified atom stereocenters. The monoisotopic (exact) mass is 239 g/mol. The molecule has 0 spiro atoms. The molecule has 1 N–H and O–H groups in total. The number of aromatic nitrogens is 2. The third-order valence-corrected chi connectivity index (χ3v) is 2.87. The van der Waals surface area contributed by atoms with Crippen LogP contribution in [-0.4, -0.2) is 21.9 Å². The van der Waals surface area contributed by atoms with E-state index in [9.17, 15) is 4.79 Å². The minimum Gasteiger partial charge on any atom is -0.348 e. The maximum absolute atomic E-state index is 11.9. The van der Waals surface area contributed by atoms with Gasteiger partial charge in [0.25, 0.3) is 5.91 Å². The average Bonchev–Trinajstić information content (AvgIpc) is 3.24. The Morgan fingerprint density at radius 3 is 2.67 bits per heavy atom. The minimum absolute atomic E-state index is 0.0894. The van der Waals surface area contributed by atoms with Gasteiger partial charge in [0.05, 0.1) is 5.69 Å². The number of hydrogen-bond donors (Lipinski definition) is 1. The van der Waals surface area contributed by atoms with Crippen molar-refractivity contribution in [3.8, 4) is 11.3 Å². The van der Waals surface area contributed by atoms with Gasteiger partial charge in [-0.3, -0.25) is 9.78 Å². The van der Waals surface area contributed by atoms with E-state index in [1.165, 1.54) is 0 Å². The van der Waals surface area contributed by atoms with Gasteiger partial charge in [0, 0.05) is 24.0 Å². The number of hydrogen-bond acceptors (Lipinski definition) is 3. The molecule has 1 fully saturated rings. The highest BCUT2D eigenvalue weighted by atomic mass is 16.2. The Hall–Kier alpha value is -2.23. The zero-order chi connectivity index (χ0) is 12.4. The number of nitrogens with one attached hydrogen (secondary N) is 1. The van der Waals surface area contributed by atoms with Crippen LogP contribution in [0.15, 0.2) is 42.7 Å². The van der Waals surface area contributed by atoms with Gasteiger partial charge in [0.2, 0.25) is 0 Å². The van der Waals surface area contributed by atoms with E-state index in [4.69, 9.17) is 0 Å². The maximum atomic E-state index is 11.9. The molecule has 18 heavy (non-hydrogen) atoms. The molecule has 90 valence electrons. The Bertz CT molecular complexity index is 564. The van der Waals surface area contributed by atoms with Crippen molar-refractivity contribution in [3.63, 3.8) is 0 Å². The van der Waals surface area contributed by atoms with E-state index in [2.05, 4.69) is 15.3 Å². The molecule has 1 amide bonds. The van der Waals surface area contributed by atoms with E-state index in [1.807, 2.05) is 24.3 Å². The highest BCUT2D eigenvalue weighted by molar-refractivity contribution is 5.93. The first-order valence-corrected chi connectivity index (χ1v) is 6.01. The summed E-state index contributed by atoms with van der Waals surface area (Å²) >= 11 is 0. The van der Waals surface area contributed by atoms with Crippen LogP contribution in [0.3, 0.4) is 0 Å². The number of pyridine rings is 2. The molecule has 0 aromatic carbocycles. The fraction of sp³-hybridized carbons (Fsp3) is 0.214. The van der Waals surface area contributed by atoms with Crippen molar-refractivity contribution in [1.82, 2.24) is 15.3 Å². The lowest BCUT2D eigenvalue weighted by atomic mass is 10.1. The molecule has 4 heteroatoms. The molecule has 0 atom stereocenters. The van der Waals surface area contributed by atoms with E-state index in [0.717, 1.165) is 24.1 Å². The Morgan fingerprint density at radius 1 is 1.17 bits per heavy atom. The van der Waals surface area contributed by atoms with Crippen LogP contribution in [0, 0.1) is 0 Å². The van der Waals surface area contributed by atoms with E-state index in [-0.39, 0.29) is 5.91 Å². The summed E-state index contributed by atoms with van der Waals surface area (Å²) in [4.78, 5) is 20.2. The molecule has 0 aliphatic heterocycles. The van der Waals surface area contributed by atoms with Gasteiger partial charge in [0.15, 0.2) is 0 Å². The van der Waals surface area contributed by atoms with Crippen LogP contribution in [0.4, 0.5) is 0 Å². The molecule has 0 bridgehead atoms. The molecule has 1 saturated carbocycles. The van der Waals surface area contributed by atoms with E-state index in [0.29, 0.717) is 11.7 Å². The highest BCUT2D eigenvalue weighted by Crippen LogP contribution is 2.20. The van der Waals surface area contributed by atoms with Crippen molar-refractivity contribution >= 4 is 5.91 Å². The quantitative estimate of drug-likeness (QED) is 0.891. The summed E-state index contributed by atoms with van der Waals surface area (Å²) in [5.41, 5.74) is 2.23. The summed E-state index contributed by atoms with van der Waals surface area (Å²) in [6.07, 6.45) is 5.59. The molecule has 2 heterocycles. The Balaban J connectivity index is 1.86. The van der Waals surface area contributed by atoms with Crippen LogP contribution < -0.4 is 5.32 Å². The van der Waals surface area contributed by atoms with Crippen LogP contribution in [0.25, 0.3) is 11.3 Å². The fourth-order valence-electron chi connectivity index (χ4n) is 1.73. The lowest BCUT2D eigenvalue weighted by Crippen LogP contribution is -2.26. The Kier molecular flexibility index (Phi) is 2.76. The normalized spacial score (nSPS) is 14.2. The highest BCUT2D eigenvalue weighted by Gasteiger charge is 2.24. The second kappa shape index (κ2) is 4.56. The fourth-order valence-corrected chi connectivity index (χ4v) is 1.73. The lowest BCUT2D eigenvalue weighted by molar-refractivity contribution is 0.0946. The molecule has 0 radical (unpaired) electrons. The molecular weight excluding hydrogens is 226 g/mol. The number of carbonyl (C=O) groups is 1. The summed E-state index contributed by atoms with van der Waals surface area (Å²) < 4.78 is 0. The van der Waals surface area contributed by atoms with Gasteiger partial charge in [-0.05, 0) is 37.1 Å². The van der Waals surface area contributed by atoms with Gasteiger partial charge in [-0.1, -0.05) is 6.07 Å². The molecule has 2 aromatic heterocycles. The van der Waals surface area contributed by atoms with E-state index in [1.54, 1.807) is 18.5 Å². The zero-order valence-electron chi connectivity index (χ0n) is 9.84. The third kappa shape index (κ3) is 2.37. The molecular formula is C14H13N3O. The number of amides is 1. The zero-order valence-corrected chi connectivity index (χ0v) is 9.84. The number of nitrogens with zero attached hydrogens (tertiary/aromatic N) is 2. The topological polar surface area (TPSA) is 54.9 Å². The van der Waals surface area contributed by atoms with Crippen LogP contribution >= 0.6 is 0 Å². The summed E-state index contributed by atoms with van der Waals surface area (Å²) in [6, 6.07) is 9.59. The first kappa shape index (κ1) is 10.9. The van der Waals surface area contributed by atoms with Crippen LogP contribution in [0.2, 0.25) is 0 Å². The standard InChI is InChI=1S/C14H13N3O/c18-14(16-11-4-5-11)13-3-1-2-12(17-13)10-6-8-15-9-7-10/h1-3,6-9,11H,4-5H2,(H,16,18). The summed E-state index contributed by atoms with van der Waals surface area (Å²) in [7, 11) is 0. The first-order chi connectivity index (χ1) is 8.83. The van der Waals surface area contributed by atoms with Crippen LogP contribution in [-0.2, 0) is 0 Å². The van der Waals surface area contributed by atoms with Gasteiger partial charge in [-0.25, -0.2) is 4.98 Å². The summed E-state index contributed by atoms with van der Waals surface area (Å²) in [5.74, 6) is -0.0894. The number of rotatable bonds is 3. The smallest absolute Gasteiger partial charge is 0.270 e. The molecule has 4 nitrogen and oxygen atoms in total. The van der Waals surface area contributed by atoms with Gasteiger partial charge >= 0.3 is 0 Å². The summed E-state index contributed by atoms with van der Waals surface area (Å²) in [6.45, 7) is 0. The third-order valence-electron chi connectivity index (χ3n) is 2.87. The van der Waals surface area contributed by atoms with Crippen molar-refractivity contribution < 1.29 is 4.79 Å². The van der Waals surface area contributed by atoms with Gasteiger partial charge < -0.3 is 5.32 Å². The Labute approximate surface area is 105 Å². The minimum atomic E-state index is -0.0894. The first-order valence-electron chi connectivity index (χ1n) is 6.01. The largest absolute Gasteiger partial charge is 0.348 e. The maximum Gasteiger partial charge on any atom is 0.270 e. The van der Waals surface area contributed by atoms with Crippen LogP contribution in [0.1, 0.15) is 23.3 Å². The van der Waals surface area contributed by atoms with Gasteiger partial charge in [0.1, 0.15) is 5.69 Å². The average molecular weight is 239 g/mol. The van der Waals surface area contributed by atoms with Crippen molar-refractivity contribution in [2.45, 2.75) is 18.9 Å². The van der Waals surface area contributed by atoms with E-state index >= 15 is 0 Å². The molecule has 0 saturated heterocycles. The van der Waals surface area contributed by atoms with Crippen molar-refractivity contribution in [1.29, 1.82) is 0 Å². The number of carbonyl (C=O) groups excluding carboxylic acids is 1. The van der Waals surface area contributed by atoms with Crippen molar-refractivity contribution in [2.75, 3.05) is 0 Å². The molecule has 1 aliphatic rings. The predicted molar refractivity (Wildman–Crippen MR) is 68.0 cm³/mol.